The third kappa shape index (κ3) is 7.83. The van der Waals surface area contributed by atoms with Gasteiger partial charge in [-0.15, -0.1) is 0 Å². The van der Waals surface area contributed by atoms with Gasteiger partial charge in [-0.05, 0) is 116 Å². The molecule has 6 heteroatoms. The topological polar surface area (TPSA) is 35.9 Å². The molecule has 326 valence electrons. The summed E-state index contributed by atoms with van der Waals surface area (Å²) < 4.78 is 13.5. The Morgan fingerprint density at radius 3 is 1.87 bits per heavy atom. The molecular weight excluding hydrogens is 833 g/mol. The van der Waals surface area contributed by atoms with Crippen molar-refractivity contribution in [3.8, 4) is 62.1 Å². The van der Waals surface area contributed by atoms with Crippen molar-refractivity contribution in [2.45, 2.75) is 45.8 Å². The average molecular weight is 885 g/mol. The van der Waals surface area contributed by atoms with Gasteiger partial charge in [-0.2, -0.15) is 0 Å². The van der Waals surface area contributed by atoms with Crippen molar-refractivity contribution in [1.82, 2.24) is 14.1 Å². The summed E-state index contributed by atoms with van der Waals surface area (Å²) >= 11 is 0. The fraction of sp³-hybridized carbons (Fsp3) is 0.115. The van der Waals surface area contributed by atoms with Crippen molar-refractivity contribution in [3.63, 3.8) is 0 Å². The number of hydrogen-bond acceptors (Lipinski definition) is 2. The summed E-state index contributed by atoms with van der Waals surface area (Å²) in [7, 11) is -1.93. The first-order valence-electron chi connectivity index (χ1n) is 23.1. The van der Waals surface area contributed by atoms with Gasteiger partial charge in [-0.1, -0.05) is 168 Å². The molecule has 0 N–H and O–H groups in total. The molecular formula is C61H52N4OSi. The molecule has 0 aliphatic carbocycles. The normalized spacial score (nSPS) is 12.0. The summed E-state index contributed by atoms with van der Waals surface area (Å²) in [6.45, 7) is 14.0. The molecule has 8 aromatic carbocycles. The van der Waals surface area contributed by atoms with Gasteiger partial charge in [-0.25, -0.2) is 4.98 Å². The van der Waals surface area contributed by atoms with Crippen LogP contribution in [0, 0.1) is 6.33 Å². The highest BCUT2D eigenvalue weighted by molar-refractivity contribution is 6.89. The molecule has 0 amide bonds. The Bertz CT molecular complexity index is 3570. The minimum Gasteiger partial charge on any atom is -0.458 e. The Kier molecular flexibility index (Phi) is 10.4. The lowest BCUT2D eigenvalue weighted by molar-refractivity contribution is -0.570. The first-order chi connectivity index (χ1) is 32.5. The summed E-state index contributed by atoms with van der Waals surface area (Å²) in [6.07, 6.45) is 5.82. The molecule has 0 saturated carbocycles. The third-order valence-electron chi connectivity index (χ3n) is 12.9. The lowest BCUT2D eigenvalue weighted by Gasteiger charge is -2.25. The molecule has 5 nitrogen and oxygen atoms in total. The van der Waals surface area contributed by atoms with Gasteiger partial charge in [0.2, 0.25) is 0 Å². The molecule has 0 spiro atoms. The largest absolute Gasteiger partial charge is 0.458 e. The number of benzene rings is 8. The van der Waals surface area contributed by atoms with Gasteiger partial charge in [0.15, 0.2) is 0 Å². The van der Waals surface area contributed by atoms with Gasteiger partial charge in [0.25, 0.3) is 6.33 Å². The molecule has 0 saturated heterocycles. The highest BCUT2D eigenvalue weighted by Gasteiger charge is 2.27. The monoisotopic (exact) mass is 884 g/mol. The quantitative estimate of drug-likeness (QED) is 0.0822. The van der Waals surface area contributed by atoms with Crippen LogP contribution >= 0.6 is 0 Å². The second-order valence-corrected chi connectivity index (χ2v) is 24.6. The summed E-state index contributed by atoms with van der Waals surface area (Å²) in [4.78, 5) is 4.89. The van der Waals surface area contributed by atoms with Crippen molar-refractivity contribution < 1.29 is 9.30 Å². The fourth-order valence-electron chi connectivity index (χ4n) is 9.51. The van der Waals surface area contributed by atoms with Crippen molar-refractivity contribution in [2.75, 3.05) is 0 Å². The molecule has 3 heterocycles. The Morgan fingerprint density at radius 1 is 0.522 bits per heavy atom. The Hall–Kier alpha value is -7.80. The van der Waals surface area contributed by atoms with E-state index in [0.29, 0.717) is 0 Å². The van der Waals surface area contributed by atoms with E-state index >= 15 is 0 Å². The zero-order valence-corrected chi connectivity index (χ0v) is 39.8. The number of hydrogen-bond donors (Lipinski definition) is 0. The van der Waals surface area contributed by atoms with Crippen LogP contribution in [0.5, 0.6) is 11.5 Å². The van der Waals surface area contributed by atoms with Crippen LogP contribution in [0.4, 0.5) is 0 Å². The van der Waals surface area contributed by atoms with E-state index in [2.05, 4.69) is 255 Å². The highest BCUT2D eigenvalue weighted by Crippen LogP contribution is 2.38. The van der Waals surface area contributed by atoms with E-state index in [1.807, 2.05) is 12.3 Å². The minimum atomic E-state index is -1.93. The number of ether oxygens (including phenoxy) is 1. The lowest BCUT2D eigenvalue weighted by atomic mass is 9.88. The Morgan fingerprint density at radius 2 is 1.15 bits per heavy atom. The predicted octanol–water partition coefficient (Wildman–Crippen LogP) is 14.8. The molecule has 11 aromatic rings. The van der Waals surface area contributed by atoms with Gasteiger partial charge in [0.05, 0.1) is 41.5 Å². The van der Waals surface area contributed by atoms with Crippen LogP contribution in [0.25, 0.3) is 83.4 Å². The molecule has 0 atom stereocenters. The fourth-order valence-corrected chi connectivity index (χ4v) is 11.1. The molecule has 0 radical (unpaired) electrons. The number of para-hydroxylation sites is 4. The summed E-state index contributed by atoms with van der Waals surface area (Å²) in [5.41, 5.74) is 14.7. The Labute approximate surface area is 393 Å². The molecule has 11 rings (SSSR count). The van der Waals surface area contributed by atoms with Gasteiger partial charge < -0.3 is 4.74 Å². The molecule has 0 fully saturated rings. The first kappa shape index (κ1) is 41.9. The summed E-state index contributed by atoms with van der Waals surface area (Å²) in [5.74, 6) is 2.37. The second kappa shape index (κ2) is 16.6. The maximum absolute atomic E-state index is 6.79. The number of aromatic nitrogens is 4. The summed E-state index contributed by atoms with van der Waals surface area (Å²) in [5, 5.41) is 3.70. The van der Waals surface area contributed by atoms with Gasteiger partial charge in [-0.3, -0.25) is 13.7 Å². The Balaban J connectivity index is 1.03. The second-order valence-electron chi connectivity index (χ2n) is 19.5. The molecule has 0 aliphatic heterocycles. The molecule has 67 heavy (non-hydrogen) atoms. The molecule has 0 bridgehead atoms. The van der Waals surface area contributed by atoms with Crippen LogP contribution in [-0.2, 0) is 5.41 Å². The van der Waals surface area contributed by atoms with Crippen LogP contribution in [-0.4, -0.2) is 22.2 Å². The smallest absolute Gasteiger partial charge is 0.269 e. The maximum Gasteiger partial charge on any atom is 0.269 e. The predicted molar refractivity (Wildman–Crippen MR) is 280 cm³/mol. The van der Waals surface area contributed by atoms with Gasteiger partial charge >= 0.3 is 0 Å². The van der Waals surface area contributed by atoms with E-state index in [9.17, 15) is 0 Å². The van der Waals surface area contributed by atoms with Crippen LogP contribution in [0.1, 0.15) is 26.3 Å². The van der Waals surface area contributed by atoms with Crippen molar-refractivity contribution in [2.24, 2.45) is 0 Å². The SMILES string of the molecule is CC(C)(C)c1ccnc(-n2c3ccccc3c3ccc(Oc4cccc(-n5[c-][n+](-c6c(-c7cc(-c8ccccc8)cc(-c8ccccc8)c7)cccc6[Si](C)(C)C)c6ccccc65)c4)cc32)c1. The number of imidazole rings is 1. The van der Waals surface area contributed by atoms with Crippen molar-refractivity contribution in [1.29, 1.82) is 0 Å². The van der Waals surface area contributed by atoms with Gasteiger partial charge in [0.1, 0.15) is 17.3 Å². The molecule has 3 aromatic heterocycles. The maximum atomic E-state index is 6.79. The first-order valence-corrected chi connectivity index (χ1v) is 26.6. The van der Waals surface area contributed by atoms with E-state index in [0.717, 1.165) is 56.0 Å². The van der Waals surface area contributed by atoms with Crippen LogP contribution in [0.3, 0.4) is 0 Å². The number of fused-ring (bicyclic) bond motifs is 4. The van der Waals surface area contributed by atoms with E-state index < -0.39 is 8.07 Å². The highest BCUT2D eigenvalue weighted by atomic mass is 28.3. The third-order valence-corrected chi connectivity index (χ3v) is 14.9. The van der Waals surface area contributed by atoms with Crippen molar-refractivity contribution in [3.05, 3.63) is 218 Å². The van der Waals surface area contributed by atoms with Crippen molar-refractivity contribution >= 4 is 46.1 Å². The lowest BCUT2D eigenvalue weighted by Crippen LogP contribution is -2.47. The number of rotatable bonds is 9. The van der Waals surface area contributed by atoms with Crippen LogP contribution in [0.2, 0.25) is 19.6 Å². The van der Waals surface area contributed by atoms with E-state index in [1.165, 1.54) is 49.6 Å². The van der Waals surface area contributed by atoms with Crippen LogP contribution < -0.4 is 14.5 Å². The standard InChI is InChI=1S/C61H52N4OSi/c1-61(2,3)47-33-34-62-59(38-47)65-54-27-14-13-25-52(54)53-32-31-50(40-57(53)65)66-49-24-17-23-48(39-49)63-41-64(56-29-16-15-28-55(56)63)60-51(26-18-30-58(60)67(4,5)6)46-36-44(42-19-9-7-10-20-42)35-45(37-46)43-21-11-8-12-22-43/h7-40H,1-6H3. The van der Waals surface area contributed by atoms with E-state index in [-0.39, 0.29) is 5.41 Å². The molecule has 0 unspecified atom stereocenters. The number of nitrogens with zero attached hydrogens (tertiary/aromatic N) is 4. The molecule has 0 aliphatic rings. The number of pyridine rings is 1. The average Bonchev–Trinajstić information content (AvgIpc) is 3.90. The van der Waals surface area contributed by atoms with E-state index in [1.54, 1.807) is 0 Å². The summed E-state index contributed by atoms with van der Waals surface area (Å²) in [6, 6.07) is 71.5. The zero-order valence-electron chi connectivity index (χ0n) is 38.8. The minimum absolute atomic E-state index is 0.0153. The van der Waals surface area contributed by atoms with Crippen LogP contribution in [0.15, 0.2) is 206 Å². The zero-order chi connectivity index (χ0) is 45.9. The van der Waals surface area contributed by atoms with Gasteiger partial charge in [0, 0.05) is 23.0 Å². The van der Waals surface area contributed by atoms with E-state index in [4.69, 9.17) is 9.72 Å².